The Kier molecular flexibility index (Phi) is 3.28. The highest BCUT2D eigenvalue weighted by Crippen LogP contribution is 2.18. The van der Waals surface area contributed by atoms with Gasteiger partial charge in [0.05, 0.1) is 4.92 Å². The van der Waals surface area contributed by atoms with Crippen LogP contribution in [0.15, 0.2) is 30.8 Å². The smallest absolute Gasteiger partial charge is 0.282 e. The molecule has 9 heteroatoms. The average molecular weight is 260 g/mol. The number of tetrazole rings is 1. The minimum absolute atomic E-state index is 0.0666. The maximum atomic E-state index is 11.9. The summed E-state index contributed by atoms with van der Waals surface area (Å²) in [6.45, 7) is 3.41. The zero-order valence-corrected chi connectivity index (χ0v) is 9.55. The number of benzene rings is 1. The zero-order chi connectivity index (χ0) is 13.8. The number of amides is 1. The SMILES string of the molecule is C=Cn1nnc(NC(=O)c2ccccc2[N+](=O)[O-])n1. The van der Waals surface area contributed by atoms with Gasteiger partial charge in [-0.15, -0.1) is 9.90 Å². The highest BCUT2D eigenvalue weighted by molar-refractivity contribution is 6.06. The lowest BCUT2D eigenvalue weighted by molar-refractivity contribution is -0.385. The number of hydrogen-bond acceptors (Lipinski definition) is 6. The number of nitro benzene ring substituents is 1. The lowest BCUT2D eigenvalue weighted by atomic mass is 10.1. The van der Waals surface area contributed by atoms with Gasteiger partial charge in [-0.3, -0.25) is 20.2 Å². The van der Waals surface area contributed by atoms with Crippen molar-refractivity contribution in [3.63, 3.8) is 0 Å². The molecule has 1 aromatic heterocycles. The van der Waals surface area contributed by atoms with Crippen LogP contribution in [0.4, 0.5) is 11.6 Å². The first kappa shape index (κ1) is 12.4. The molecule has 0 saturated carbocycles. The number of nitro groups is 1. The fraction of sp³-hybridized carbons (Fsp3) is 0. The summed E-state index contributed by atoms with van der Waals surface area (Å²) < 4.78 is 0. The van der Waals surface area contributed by atoms with Crippen molar-refractivity contribution in [2.24, 2.45) is 0 Å². The third-order valence-corrected chi connectivity index (χ3v) is 2.16. The standard InChI is InChI=1S/C10H8N6O3/c1-2-15-13-10(12-14-15)11-9(17)7-5-3-4-6-8(7)16(18)19/h2-6H,1H2,(H,11,13,17). The first-order chi connectivity index (χ1) is 9.11. The van der Waals surface area contributed by atoms with Crippen molar-refractivity contribution in [1.29, 1.82) is 0 Å². The molecular formula is C10H8N6O3. The number of carbonyl (C=O) groups is 1. The van der Waals surface area contributed by atoms with Gasteiger partial charge in [0, 0.05) is 12.3 Å². The van der Waals surface area contributed by atoms with Crippen LogP contribution >= 0.6 is 0 Å². The third-order valence-electron chi connectivity index (χ3n) is 2.16. The quantitative estimate of drug-likeness (QED) is 0.645. The van der Waals surface area contributed by atoms with E-state index < -0.39 is 10.8 Å². The summed E-state index contributed by atoms with van der Waals surface area (Å²) in [5.74, 6) is -0.751. The Morgan fingerprint density at radius 2 is 2.21 bits per heavy atom. The molecule has 0 saturated heterocycles. The number of para-hydroxylation sites is 1. The lowest BCUT2D eigenvalue weighted by Crippen LogP contribution is -2.15. The molecule has 0 fully saturated rings. The lowest BCUT2D eigenvalue weighted by Gasteiger charge is -2.01. The molecule has 1 amide bonds. The van der Waals surface area contributed by atoms with Gasteiger partial charge >= 0.3 is 0 Å². The van der Waals surface area contributed by atoms with Crippen LogP contribution in [0.1, 0.15) is 10.4 Å². The van der Waals surface area contributed by atoms with E-state index in [4.69, 9.17) is 0 Å². The summed E-state index contributed by atoms with van der Waals surface area (Å²) >= 11 is 0. The molecule has 96 valence electrons. The molecule has 1 heterocycles. The Hall–Kier alpha value is -3.10. The zero-order valence-electron chi connectivity index (χ0n) is 9.55. The Bertz CT molecular complexity index is 650. The number of hydrogen-bond donors (Lipinski definition) is 1. The van der Waals surface area contributed by atoms with Gasteiger partial charge in [0.15, 0.2) is 0 Å². The second kappa shape index (κ2) is 5.04. The molecule has 0 spiro atoms. The van der Waals surface area contributed by atoms with Gasteiger partial charge in [-0.25, -0.2) is 0 Å². The van der Waals surface area contributed by atoms with Crippen molar-refractivity contribution in [3.8, 4) is 0 Å². The predicted molar refractivity (Wildman–Crippen MR) is 65.3 cm³/mol. The fourth-order valence-corrected chi connectivity index (χ4v) is 1.35. The number of aromatic nitrogens is 4. The maximum Gasteiger partial charge on any atom is 0.282 e. The molecule has 0 aliphatic rings. The van der Waals surface area contributed by atoms with E-state index >= 15 is 0 Å². The van der Waals surface area contributed by atoms with E-state index in [0.717, 1.165) is 4.80 Å². The minimum atomic E-state index is -0.684. The van der Waals surface area contributed by atoms with Crippen LogP contribution in [-0.2, 0) is 0 Å². The fourth-order valence-electron chi connectivity index (χ4n) is 1.35. The number of rotatable bonds is 4. The molecule has 0 bridgehead atoms. The molecule has 0 unspecified atom stereocenters. The highest BCUT2D eigenvalue weighted by Gasteiger charge is 2.20. The Balaban J connectivity index is 2.25. The minimum Gasteiger partial charge on any atom is -0.287 e. The molecule has 0 radical (unpaired) electrons. The molecule has 0 aliphatic heterocycles. The van der Waals surface area contributed by atoms with Gasteiger partial charge in [0.1, 0.15) is 5.56 Å². The Labute approximate surface area is 106 Å². The van der Waals surface area contributed by atoms with E-state index in [0.29, 0.717) is 0 Å². The van der Waals surface area contributed by atoms with E-state index in [2.05, 4.69) is 27.3 Å². The van der Waals surface area contributed by atoms with Crippen LogP contribution in [0.3, 0.4) is 0 Å². The Morgan fingerprint density at radius 1 is 1.47 bits per heavy atom. The second-order valence-electron chi connectivity index (χ2n) is 3.34. The second-order valence-corrected chi connectivity index (χ2v) is 3.34. The van der Waals surface area contributed by atoms with Crippen LogP contribution < -0.4 is 5.32 Å². The number of carbonyl (C=O) groups excluding carboxylic acids is 1. The average Bonchev–Trinajstić information content (AvgIpc) is 2.86. The number of anilines is 1. The molecule has 1 N–H and O–H groups in total. The summed E-state index contributed by atoms with van der Waals surface area (Å²) in [6.07, 6.45) is 1.29. The van der Waals surface area contributed by atoms with E-state index in [-0.39, 0.29) is 17.2 Å². The summed E-state index contributed by atoms with van der Waals surface area (Å²) in [4.78, 5) is 23.1. The first-order valence-corrected chi connectivity index (χ1v) is 5.08. The monoisotopic (exact) mass is 260 g/mol. The van der Waals surface area contributed by atoms with Crippen LogP contribution in [0.25, 0.3) is 6.20 Å². The van der Waals surface area contributed by atoms with E-state index in [1.54, 1.807) is 0 Å². The van der Waals surface area contributed by atoms with Crippen molar-refractivity contribution >= 4 is 23.7 Å². The van der Waals surface area contributed by atoms with E-state index in [1.165, 1.54) is 30.5 Å². The van der Waals surface area contributed by atoms with Gasteiger partial charge < -0.3 is 0 Å². The largest absolute Gasteiger partial charge is 0.287 e. The van der Waals surface area contributed by atoms with Gasteiger partial charge in [-0.1, -0.05) is 23.8 Å². The summed E-state index contributed by atoms with van der Waals surface area (Å²) in [5, 5.41) is 23.9. The molecular weight excluding hydrogens is 252 g/mol. The van der Waals surface area contributed by atoms with Crippen molar-refractivity contribution in [1.82, 2.24) is 20.2 Å². The van der Waals surface area contributed by atoms with Crippen molar-refractivity contribution in [3.05, 3.63) is 46.5 Å². The van der Waals surface area contributed by atoms with E-state index in [9.17, 15) is 14.9 Å². The molecule has 0 aliphatic carbocycles. The van der Waals surface area contributed by atoms with Crippen LogP contribution in [0.2, 0.25) is 0 Å². The van der Waals surface area contributed by atoms with Gasteiger partial charge in [-0.05, 0) is 11.3 Å². The highest BCUT2D eigenvalue weighted by atomic mass is 16.6. The van der Waals surface area contributed by atoms with Gasteiger partial charge in [0.2, 0.25) is 0 Å². The van der Waals surface area contributed by atoms with Crippen molar-refractivity contribution in [2.45, 2.75) is 0 Å². The number of nitrogens with one attached hydrogen (secondary N) is 1. The normalized spacial score (nSPS) is 9.89. The molecule has 19 heavy (non-hydrogen) atoms. The maximum absolute atomic E-state index is 11.9. The van der Waals surface area contributed by atoms with Gasteiger partial charge in [0.25, 0.3) is 17.5 Å². The summed E-state index contributed by atoms with van der Waals surface area (Å²) in [6, 6.07) is 5.57. The first-order valence-electron chi connectivity index (χ1n) is 5.08. The van der Waals surface area contributed by atoms with Crippen LogP contribution in [0.5, 0.6) is 0 Å². The van der Waals surface area contributed by atoms with Crippen LogP contribution in [-0.4, -0.2) is 31.0 Å². The predicted octanol–water partition coefficient (Wildman–Crippen LogP) is 0.934. The van der Waals surface area contributed by atoms with Crippen LogP contribution in [0, 0.1) is 10.1 Å². The molecule has 1 aromatic carbocycles. The number of nitrogens with zero attached hydrogens (tertiary/aromatic N) is 5. The molecule has 2 rings (SSSR count). The van der Waals surface area contributed by atoms with E-state index in [1.807, 2.05) is 0 Å². The summed E-state index contributed by atoms with van der Waals surface area (Å²) in [5.41, 5.74) is -0.376. The van der Waals surface area contributed by atoms with Crippen molar-refractivity contribution < 1.29 is 9.72 Å². The Morgan fingerprint density at radius 3 is 2.84 bits per heavy atom. The summed E-state index contributed by atoms with van der Waals surface area (Å²) in [7, 11) is 0. The molecule has 0 atom stereocenters. The van der Waals surface area contributed by atoms with Crippen molar-refractivity contribution in [2.75, 3.05) is 5.32 Å². The third kappa shape index (κ3) is 2.60. The molecule has 9 nitrogen and oxygen atoms in total. The molecule has 2 aromatic rings. The topological polar surface area (TPSA) is 116 Å². The van der Waals surface area contributed by atoms with Gasteiger partial charge in [-0.2, -0.15) is 0 Å².